The maximum absolute atomic E-state index is 10.6. The minimum absolute atomic E-state index is 0.0185. The van der Waals surface area contributed by atoms with Crippen molar-refractivity contribution in [3.63, 3.8) is 0 Å². The van der Waals surface area contributed by atoms with E-state index in [2.05, 4.69) is 4.18 Å². The van der Waals surface area contributed by atoms with E-state index in [0.29, 0.717) is 0 Å². The van der Waals surface area contributed by atoms with Gasteiger partial charge in [0.2, 0.25) is 0 Å². The van der Waals surface area contributed by atoms with E-state index in [9.17, 15) is 8.42 Å². The van der Waals surface area contributed by atoms with Gasteiger partial charge in [0.05, 0.1) is 31.7 Å². The molecule has 0 radical (unpaired) electrons. The first-order chi connectivity index (χ1) is 6.01. The third kappa shape index (κ3) is 4.04. The summed E-state index contributed by atoms with van der Waals surface area (Å²) in [7, 11) is -3.38. The molecule has 0 aromatic heterocycles. The fraction of sp³-hybridized carbons (Fsp3) is 1.00. The highest BCUT2D eigenvalue weighted by Crippen LogP contribution is 2.19. The molecule has 0 bridgehead atoms. The monoisotopic (exact) mass is 210 g/mol. The molecule has 0 aliphatic carbocycles. The van der Waals surface area contributed by atoms with Crippen molar-refractivity contribution in [2.45, 2.75) is 25.0 Å². The Hall–Kier alpha value is -0.170. The minimum atomic E-state index is -3.38. The summed E-state index contributed by atoms with van der Waals surface area (Å²) in [6.45, 7) is 0.0324. The van der Waals surface area contributed by atoms with E-state index in [1.165, 1.54) is 0 Å². The third-order valence-corrected chi connectivity index (χ3v) is 2.43. The van der Waals surface area contributed by atoms with Crippen LogP contribution in [0.4, 0.5) is 0 Å². The van der Waals surface area contributed by atoms with Gasteiger partial charge in [-0.2, -0.15) is 8.42 Å². The average molecular weight is 210 g/mol. The molecule has 0 aromatic carbocycles. The molecule has 1 aliphatic rings. The maximum atomic E-state index is 10.6. The van der Waals surface area contributed by atoms with Crippen molar-refractivity contribution >= 4 is 10.1 Å². The van der Waals surface area contributed by atoms with Crippen LogP contribution in [0.3, 0.4) is 0 Å². The van der Waals surface area contributed by atoms with Gasteiger partial charge in [-0.05, 0) is 12.8 Å². The van der Waals surface area contributed by atoms with Gasteiger partial charge in [-0.15, -0.1) is 0 Å². The topological polar surface area (TPSA) is 72.8 Å². The highest BCUT2D eigenvalue weighted by atomic mass is 32.2. The van der Waals surface area contributed by atoms with Gasteiger partial charge >= 0.3 is 0 Å². The summed E-state index contributed by atoms with van der Waals surface area (Å²) in [4.78, 5) is 0. The van der Waals surface area contributed by atoms with Gasteiger partial charge in [0.15, 0.2) is 0 Å². The van der Waals surface area contributed by atoms with E-state index >= 15 is 0 Å². The van der Waals surface area contributed by atoms with Gasteiger partial charge in [0.25, 0.3) is 10.1 Å². The molecule has 1 saturated heterocycles. The lowest BCUT2D eigenvalue weighted by Crippen LogP contribution is -2.20. The minimum Gasteiger partial charge on any atom is -0.394 e. The van der Waals surface area contributed by atoms with Crippen LogP contribution in [0.25, 0.3) is 0 Å². The Kier molecular flexibility index (Phi) is 3.66. The lowest BCUT2D eigenvalue weighted by atomic mass is 10.2. The fourth-order valence-corrected chi connectivity index (χ4v) is 1.64. The Balaban J connectivity index is 2.25. The average Bonchev–Trinajstić information content (AvgIpc) is 2.47. The molecular formula is C7H14O5S. The molecule has 2 atom stereocenters. The summed E-state index contributed by atoms with van der Waals surface area (Å²) < 4.78 is 31.1. The Morgan fingerprint density at radius 3 is 2.54 bits per heavy atom. The Labute approximate surface area is 77.8 Å². The van der Waals surface area contributed by atoms with Gasteiger partial charge in [-0.3, -0.25) is 4.18 Å². The van der Waals surface area contributed by atoms with Crippen LogP contribution in [-0.2, 0) is 19.0 Å². The summed E-state index contributed by atoms with van der Waals surface area (Å²) in [5, 5.41) is 8.73. The molecule has 0 amide bonds. The smallest absolute Gasteiger partial charge is 0.264 e. The summed E-state index contributed by atoms with van der Waals surface area (Å²) in [6.07, 6.45) is 2.14. The highest BCUT2D eigenvalue weighted by molar-refractivity contribution is 7.85. The molecule has 0 unspecified atom stereocenters. The zero-order valence-electron chi connectivity index (χ0n) is 7.47. The number of hydrogen-bond acceptors (Lipinski definition) is 5. The second kappa shape index (κ2) is 4.36. The maximum Gasteiger partial charge on any atom is 0.264 e. The standard InChI is InChI=1S/C7H14O5S/c1-13(9,10)11-5-7-3-2-6(4-8)12-7/h6-8H,2-5H2,1H3/t6-,7+/m1/s1. The van der Waals surface area contributed by atoms with Crippen LogP contribution < -0.4 is 0 Å². The highest BCUT2D eigenvalue weighted by Gasteiger charge is 2.25. The van der Waals surface area contributed by atoms with E-state index in [-0.39, 0.29) is 25.4 Å². The molecule has 78 valence electrons. The van der Waals surface area contributed by atoms with E-state index < -0.39 is 10.1 Å². The fourth-order valence-electron chi connectivity index (χ4n) is 1.24. The first-order valence-electron chi connectivity index (χ1n) is 4.12. The summed E-state index contributed by atoms with van der Waals surface area (Å²) in [5.74, 6) is 0. The SMILES string of the molecule is CS(=O)(=O)OC[C@@H]1CC[C@H](CO)O1. The van der Waals surface area contributed by atoms with E-state index in [1.54, 1.807) is 0 Å². The number of aliphatic hydroxyl groups excluding tert-OH is 1. The van der Waals surface area contributed by atoms with E-state index in [0.717, 1.165) is 19.1 Å². The molecule has 13 heavy (non-hydrogen) atoms. The van der Waals surface area contributed by atoms with Crippen molar-refractivity contribution in [2.24, 2.45) is 0 Å². The van der Waals surface area contributed by atoms with E-state index in [1.807, 2.05) is 0 Å². The number of rotatable bonds is 4. The molecule has 6 heteroatoms. The van der Waals surface area contributed by atoms with E-state index in [4.69, 9.17) is 9.84 Å². The van der Waals surface area contributed by atoms with Crippen molar-refractivity contribution in [2.75, 3.05) is 19.5 Å². The summed E-state index contributed by atoms with van der Waals surface area (Å²) in [6, 6.07) is 0. The van der Waals surface area contributed by atoms with Crippen molar-refractivity contribution in [1.82, 2.24) is 0 Å². The van der Waals surface area contributed by atoms with Crippen LogP contribution in [0.2, 0.25) is 0 Å². The number of hydrogen-bond donors (Lipinski definition) is 1. The molecule has 0 saturated carbocycles. The lowest BCUT2D eigenvalue weighted by Gasteiger charge is -2.10. The van der Waals surface area contributed by atoms with Gasteiger partial charge in [-0.25, -0.2) is 0 Å². The Morgan fingerprint density at radius 1 is 1.46 bits per heavy atom. The largest absolute Gasteiger partial charge is 0.394 e. The van der Waals surface area contributed by atoms with Gasteiger partial charge in [0, 0.05) is 0 Å². The second-order valence-electron chi connectivity index (χ2n) is 3.13. The molecule has 0 spiro atoms. The van der Waals surface area contributed by atoms with Gasteiger partial charge < -0.3 is 9.84 Å². The Morgan fingerprint density at radius 2 is 2.08 bits per heavy atom. The van der Waals surface area contributed by atoms with Crippen LogP contribution in [0.1, 0.15) is 12.8 Å². The van der Waals surface area contributed by atoms with Crippen molar-refractivity contribution < 1.29 is 22.4 Å². The quantitative estimate of drug-likeness (QED) is 0.633. The number of aliphatic hydroxyl groups is 1. The zero-order valence-corrected chi connectivity index (χ0v) is 8.29. The normalized spacial score (nSPS) is 29.4. The first-order valence-corrected chi connectivity index (χ1v) is 5.93. The molecule has 1 N–H and O–H groups in total. The van der Waals surface area contributed by atoms with Gasteiger partial charge in [-0.1, -0.05) is 0 Å². The molecule has 1 heterocycles. The van der Waals surface area contributed by atoms with Crippen molar-refractivity contribution in [3.05, 3.63) is 0 Å². The first kappa shape index (κ1) is 10.9. The van der Waals surface area contributed by atoms with Crippen LogP contribution in [0.15, 0.2) is 0 Å². The molecule has 5 nitrogen and oxygen atoms in total. The van der Waals surface area contributed by atoms with Gasteiger partial charge in [0.1, 0.15) is 0 Å². The van der Waals surface area contributed by atoms with Crippen LogP contribution in [-0.4, -0.2) is 45.2 Å². The number of ether oxygens (including phenoxy) is 1. The Bertz CT molecular complexity index is 248. The van der Waals surface area contributed by atoms with Crippen LogP contribution in [0, 0.1) is 0 Å². The summed E-state index contributed by atoms with van der Waals surface area (Å²) in [5.41, 5.74) is 0. The zero-order chi connectivity index (χ0) is 9.90. The predicted molar refractivity (Wildman–Crippen MR) is 45.8 cm³/mol. The predicted octanol–water partition coefficient (Wildman–Crippen LogP) is -0.498. The second-order valence-corrected chi connectivity index (χ2v) is 4.77. The molecular weight excluding hydrogens is 196 g/mol. The van der Waals surface area contributed by atoms with Crippen LogP contribution >= 0.6 is 0 Å². The molecule has 1 rings (SSSR count). The molecule has 1 fully saturated rings. The van der Waals surface area contributed by atoms with Crippen molar-refractivity contribution in [1.29, 1.82) is 0 Å². The summed E-state index contributed by atoms with van der Waals surface area (Å²) >= 11 is 0. The lowest BCUT2D eigenvalue weighted by molar-refractivity contribution is -0.00609. The van der Waals surface area contributed by atoms with Crippen LogP contribution in [0.5, 0.6) is 0 Å². The van der Waals surface area contributed by atoms with Crippen molar-refractivity contribution in [3.8, 4) is 0 Å². The molecule has 0 aromatic rings. The third-order valence-electron chi connectivity index (χ3n) is 1.87. The molecule has 1 aliphatic heterocycles.